The molecule has 0 aliphatic rings. The molecule has 0 spiro atoms. The van der Waals surface area contributed by atoms with Crippen LogP contribution in [0.2, 0.25) is 0 Å². The third-order valence-corrected chi connectivity index (χ3v) is 2.40. The standard InChI is InChI=1S/C13H16F3NO3/c14-13(15,16)9-20-6-5-17-8-11-3-1-10(2-4-11)7-12(18)19/h1-4,17H,5-9H2,(H,18,19). The topological polar surface area (TPSA) is 58.6 Å². The highest BCUT2D eigenvalue weighted by Crippen LogP contribution is 2.13. The number of halogens is 3. The van der Waals surface area contributed by atoms with Crippen LogP contribution >= 0.6 is 0 Å². The maximum Gasteiger partial charge on any atom is 0.411 e. The van der Waals surface area contributed by atoms with Gasteiger partial charge in [-0.1, -0.05) is 24.3 Å². The first-order chi connectivity index (χ1) is 9.37. The Morgan fingerprint density at radius 3 is 2.35 bits per heavy atom. The molecule has 0 aromatic heterocycles. The lowest BCUT2D eigenvalue weighted by atomic mass is 10.1. The maximum atomic E-state index is 11.8. The predicted molar refractivity (Wildman–Crippen MR) is 66.4 cm³/mol. The van der Waals surface area contributed by atoms with E-state index in [-0.39, 0.29) is 13.0 Å². The Balaban J connectivity index is 2.17. The molecule has 112 valence electrons. The predicted octanol–water partition coefficient (Wildman–Crippen LogP) is 1.98. The molecular weight excluding hydrogens is 275 g/mol. The number of rotatable bonds is 8. The molecule has 0 fully saturated rings. The molecule has 1 aromatic carbocycles. The van der Waals surface area contributed by atoms with Crippen molar-refractivity contribution < 1.29 is 27.8 Å². The van der Waals surface area contributed by atoms with Crippen molar-refractivity contribution in [3.8, 4) is 0 Å². The summed E-state index contributed by atoms with van der Waals surface area (Å²) in [6.07, 6.45) is -4.32. The van der Waals surface area contributed by atoms with Crippen LogP contribution in [-0.4, -0.2) is 37.0 Å². The van der Waals surface area contributed by atoms with Crippen molar-refractivity contribution in [2.45, 2.75) is 19.1 Å². The van der Waals surface area contributed by atoms with Crippen molar-refractivity contribution in [1.82, 2.24) is 5.32 Å². The number of alkyl halides is 3. The van der Waals surface area contributed by atoms with E-state index in [1.807, 2.05) is 0 Å². The molecular formula is C13H16F3NO3. The van der Waals surface area contributed by atoms with E-state index in [9.17, 15) is 18.0 Å². The molecule has 0 aliphatic carbocycles. The van der Waals surface area contributed by atoms with Gasteiger partial charge in [0.15, 0.2) is 0 Å². The van der Waals surface area contributed by atoms with Gasteiger partial charge in [0.05, 0.1) is 13.0 Å². The lowest BCUT2D eigenvalue weighted by molar-refractivity contribution is -0.173. The highest BCUT2D eigenvalue weighted by Gasteiger charge is 2.27. The zero-order valence-electron chi connectivity index (χ0n) is 10.7. The number of ether oxygens (including phenoxy) is 1. The van der Waals surface area contributed by atoms with Crippen LogP contribution in [0.15, 0.2) is 24.3 Å². The maximum absolute atomic E-state index is 11.8. The van der Waals surface area contributed by atoms with E-state index < -0.39 is 18.8 Å². The Hall–Kier alpha value is -1.60. The molecule has 7 heteroatoms. The molecule has 0 atom stereocenters. The smallest absolute Gasteiger partial charge is 0.411 e. The Kier molecular flexibility index (Phi) is 6.47. The number of carboxylic acids is 1. The zero-order chi connectivity index (χ0) is 15.0. The fourth-order valence-electron chi connectivity index (χ4n) is 1.51. The van der Waals surface area contributed by atoms with Crippen molar-refractivity contribution in [1.29, 1.82) is 0 Å². The Morgan fingerprint density at radius 2 is 1.80 bits per heavy atom. The minimum atomic E-state index is -4.29. The van der Waals surface area contributed by atoms with Gasteiger partial charge in [-0.15, -0.1) is 0 Å². The third-order valence-electron chi connectivity index (χ3n) is 2.40. The second-order valence-electron chi connectivity index (χ2n) is 4.23. The largest absolute Gasteiger partial charge is 0.481 e. The molecule has 0 saturated carbocycles. The van der Waals surface area contributed by atoms with Gasteiger partial charge >= 0.3 is 12.1 Å². The molecule has 1 rings (SSSR count). The van der Waals surface area contributed by atoms with E-state index in [2.05, 4.69) is 10.1 Å². The van der Waals surface area contributed by atoms with Crippen LogP contribution in [-0.2, 0) is 22.5 Å². The molecule has 4 nitrogen and oxygen atoms in total. The summed E-state index contributed by atoms with van der Waals surface area (Å²) in [6, 6.07) is 6.99. The summed E-state index contributed by atoms with van der Waals surface area (Å²) in [7, 11) is 0. The summed E-state index contributed by atoms with van der Waals surface area (Å²) in [5, 5.41) is 11.6. The third kappa shape index (κ3) is 7.75. The molecule has 0 radical (unpaired) electrons. The van der Waals surface area contributed by atoms with Gasteiger partial charge in [0.25, 0.3) is 0 Å². The Labute approximate surface area is 114 Å². The monoisotopic (exact) mass is 291 g/mol. The van der Waals surface area contributed by atoms with E-state index in [4.69, 9.17) is 5.11 Å². The van der Waals surface area contributed by atoms with Gasteiger partial charge < -0.3 is 15.2 Å². The van der Waals surface area contributed by atoms with Crippen molar-refractivity contribution in [3.63, 3.8) is 0 Å². The van der Waals surface area contributed by atoms with Crippen molar-refractivity contribution >= 4 is 5.97 Å². The van der Waals surface area contributed by atoms with Gasteiger partial charge in [-0.05, 0) is 11.1 Å². The van der Waals surface area contributed by atoms with E-state index in [1.54, 1.807) is 24.3 Å². The zero-order valence-corrected chi connectivity index (χ0v) is 10.7. The molecule has 2 N–H and O–H groups in total. The number of hydrogen-bond acceptors (Lipinski definition) is 3. The van der Waals surface area contributed by atoms with Crippen LogP contribution in [0.25, 0.3) is 0 Å². The highest BCUT2D eigenvalue weighted by molar-refractivity contribution is 5.70. The average Bonchev–Trinajstić information content (AvgIpc) is 2.33. The van der Waals surface area contributed by atoms with Crippen LogP contribution in [0.1, 0.15) is 11.1 Å². The Morgan fingerprint density at radius 1 is 1.20 bits per heavy atom. The van der Waals surface area contributed by atoms with Crippen LogP contribution in [0.3, 0.4) is 0 Å². The SMILES string of the molecule is O=C(O)Cc1ccc(CNCCOCC(F)(F)F)cc1. The van der Waals surface area contributed by atoms with E-state index in [0.717, 1.165) is 5.56 Å². The van der Waals surface area contributed by atoms with Crippen LogP contribution in [0.5, 0.6) is 0 Å². The highest BCUT2D eigenvalue weighted by atomic mass is 19.4. The van der Waals surface area contributed by atoms with Crippen LogP contribution in [0, 0.1) is 0 Å². The van der Waals surface area contributed by atoms with Gasteiger partial charge in [0.2, 0.25) is 0 Å². The number of carbonyl (C=O) groups is 1. The number of benzene rings is 1. The molecule has 0 unspecified atom stereocenters. The minimum absolute atomic E-state index is 0.0173. The average molecular weight is 291 g/mol. The van der Waals surface area contributed by atoms with Crippen LogP contribution < -0.4 is 5.32 Å². The van der Waals surface area contributed by atoms with E-state index in [0.29, 0.717) is 18.7 Å². The summed E-state index contributed by atoms with van der Waals surface area (Å²) in [5.74, 6) is -0.891. The molecule has 0 bridgehead atoms. The van der Waals surface area contributed by atoms with E-state index >= 15 is 0 Å². The van der Waals surface area contributed by atoms with Gasteiger partial charge in [-0.3, -0.25) is 4.79 Å². The summed E-state index contributed by atoms with van der Waals surface area (Å²) < 4.78 is 39.8. The number of nitrogens with one attached hydrogen (secondary N) is 1. The van der Waals surface area contributed by atoms with Gasteiger partial charge in [0.1, 0.15) is 6.61 Å². The van der Waals surface area contributed by atoms with Crippen LogP contribution in [0.4, 0.5) is 13.2 Å². The summed E-state index contributed by atoms with van der Waals surface area (Å²) >= 11 is 0. The number of carboxylic acid groups (broad SMARTS) is 1. The molecule has 0 heterocycles. The normalized spacial score (nSPS) is 11.6. The summed E-state index contributed by atoms with van der Waals surface area (Å²) in [4.78, 5) is 10.5. The lowest BCUT2D eigenvalue weighted by Crippen LogP contribution is -2.23. The van der Waals surface area contributed by atoms with Gasteiger partial charge in [0, 0.05) is 13.1 Å². The summed E-state index contributed by atoms with van der Waals surface area (Å²) in [6.45, 7) is -0.454. The van der Waals surface area contributed by atoms with Crippen molar-refractivity contribution in [2.24, 2.45) is 0 Å². The molecule has 1 aromatic rings. The summed E-state index contributed by atoms with van der Waals surface area (Å²) in [5.41, 5.74) is 1.63. The molecule has 20 heavy (non-hydrogen) atoms. The lowest BCUT2D eigenvalue weighted by Gasteiger charge is -2.08. The quantitative estimate of drug-likeness (QED) is 0.719. The number of hydrogen-bond donors (Lipinski definition) is 2. The second kappa shape index (κ2) is 7.86. The van der Waals surface area contributed by atoms with E-state index in [1.165, 1.54) is 0 Å². The molecule has 0 aliphatic heterocycles. The fourth-order valence-corrected chi connectivity index (χ4v) is 1.51. The number of aliphatic carboxylic acids is 1. The Bertz CT molecular complexity index is 418. The van der Waals surface area contributed by atoms with Gasteiger partial charge in [-0.25, -0.2) is 0 Å². The van der Waals surface area contributed by atoms with Gasteiger partial charge in [-0.2, -0.15) is 13.2 Å². The first-order valence-electron chi connectivity index (χ1n) is 6.01. The first kappa shape index (κ1) is 16.5. The molecule has 0 saturated heterocycles. The second-order valence-corrected chi connectivity index (χ2v) is 4.23. The molecule has 0 amide bonds. The minimum Gasteiger partial charge on any atom is -0.481 e. The van der Waals surface area contributed by atoms with Crippen molar-refractivity contribution in [3.05, 3.63) is 35.4 Å². The van der Waals surface area contributed by atoms with Crippen molar-refractivity contribution in [2.75, 3.05) is 19.8 Å². The first-order valence-corrected chi connectivity index (χ1v) is 6.01. The fraction of sp³-hybridized carbons (Fsp3) is 0.462.